The Morgan fingerprint density at radius 2 is 1.53 bits per heavy atom. The molecule has 0 fully saturated rings. The number of hydrogen-bond donors (Lipinski definition) is 0. The Hall–Kier alpha value is -3.44. The van der Waals surface area contributed by atoms with Gasteiger partial charge in [-0.3, -0.25) is 4.79 Å². The van der Waals surface area contributed by atoms with E-state index in [0.717, 1.165) is 32.9 Å². The highest BCUT2D eigenvalue weighted by Crippen LogP contribution is 2.29. The summed E-state index contributed by atoms with van der Waals surface area (Å²) in [5.74, 6) is -0.416. The molecule has 0 bridgehead atoms. The summed E-state index contributed by atoms with van der Waals surface area (Å²) in [5, 5.41) is 3.98. The van der Waals surface area contributed by atoms with E-state index in [1.165, 1.54) is 6.92 Å². The van der Waals surface area contributed by atoms with Gasteiger partial charge in [0.15, 0.2) is 5.78 Å². The van der Waals surface area contributed by atoms with Gasteiger partial charge in [-0.1, -0.05) is 59.4 Å². The van der Waals surface area contributed by atoms with Crippen LogP contribution in [0.15, 0.2) is 100 Å². The SMILES string of the molecule is C=CCC/C(=N\OC(C)=O)c1ccc(Sc2ccc(C(=O)c3ccccc3C)cc2)cc1. The molecule has 0 heterocycles. The van der Waals surface area contributed by atoms with Gasteiger partial charge in [0.05, 0.1) is 5.71 Å². The van der Waals surface area contributed by atoms with Crippen molar-refractivity contribution in [1.29, 1.82) is 0 Å². The van der Waals surface area contributed by atoms with Crippen molar-refractivity contribution in [3.05, 3.63) is 108 Å². The van der Waals surface area contributed by atoms with Crippen LogP contribution in [0.4, 0.5) is 0 Å². The van der Waals surface area contributed by atoms with Crippen LogP contribution < -0.4 is 0 Å². The van der Waals surface area contributed by atoms with Gasteiger partial charge in [0.2, 0.25) is 0 Å². The molecule has 0 aromatic heterocycles. The molecule has 0 amide bonds. The van der Waals surface area contributed by atoms with Crippen LogP contribution in [0.5, 0.6) is 0 Å². The Balaban J connectivity index is 1.70. The first-order valence-corrected chi connectivity index (χ1v) is 11.1. The highest BCUT2D eigenvalue weighted by Gasteiger charge is 2.11. The molecule has 0 spiro atoms. The third-order valence-corrected chi connectivity index (χ3v) is 5.81. The van der Waals surface area contributed by atoms with E-state index in [0.29, 0.717) is 17.7 Å². The molecule has 3 aromatic rings. The Morgan fingerprint density at radius 1 is 0.938 bits per heavy atom. The molecular weight excluding hydrogens is 418 g/mol. The second-order valence-corrected chi connectivity index (χ2v) is 8.39. The summed E-state index contributed by atoms with van der Waals surface area (Å²) in [4.78, 5) is 30.8. The molecule has 32 heavy (non-hydrogen) atoms. The second kappa shape index (κ2) is 11.3. The molecule has 0 aliphatic rings. The number of ketones is 1. The zero-order chi connectivity index (χ0) is 22.9. The molecule has 5 heteroatoms. The molecule has 0 saturated carbocycles. The molecule has 0 unspecified atom stereocenters. The number of oxime groups is 1. The largest absolute Gasteiger partial charge is 0.331 e. The van der Waals surface area contributed by atoms with Crippen LogP contribution in [0.2, 0.25) is 0 Å². The molecule has 0 N–H and O–H groups in total. The lowest BCUT2D eigenvalue weighted by atomic mass is 9.99. The third-order valence-electron chi connectivity index (χ3n) is 4.80. The van der Waals surface area contributed by atoms with Gasteiger partial charge in [-0.05, 0) is 67.3 Å². The topological polar surface area (TPSA) is 55.7 Å². The highest BCUT2D eigenvalue weighted by molar-refractivity contribution is 7.99. The summed E-state index contributed by atoms with van der Waals surface area (Å²) in [6.07, 6.45) is 3.19. The van der Waals surface area contributed by atoms with Gasteiger partial charge in [0, 0.05) is 27.8 Å². The van der Waals surface area contributed by atoms with Gasteiger partial charge in [-0.25, -0.2) is 4.79 Å². The first kappa shape index (κ1) is 23.2. The predicted molar refractivity (Wildman–Crippen MR) is 129 cm³/mol. The van der Waals surface area contributed by atoms with Crippen LogP contribution in [0.25, 0.3) is 0 Å². The number of hydrogen-bond acceptors (Lipinski definition) is 5. The second-order valence-electron chi connectivity index (χ2n) is 7.24. The highest BCUT2D eigenvalue weighted by atomic mass is 32.2. The van der Waals surface area contributed by atoms with Crippen LogP contribution in [0.3, 0.4) is 0 Å². The zero-order valence-electron chi connectivity index (χ0n) is 18.2. The number of carbonyl (C=O) groups excluding carboxylic acids is 2. The molecular formula is C27H25NO3S. The molecule has 4 nitrogen and oxygen atoms in total. The third kappa shape index (κ3) is 6.28. The van der Waals surface area contributed by atoms with Crippen molar-refractivity contribution in [3.8, 4) is 0 Å². The lowest BCUT2D eigenvalue weighted by Crippen LogP contribution is -2.04. The van der Waals surface area contributed by atoms with Crippen LogP contribution >= 0.6 is 11.8 Å². The quantitative estimate of drug-likeness (QED) is 0.123. The number of aryl methyl sites for hydroxylation is 1. The Kier molecular flexibility index (Phi) is 8.17. The van der Waals surface area contributed by atoms with Crippen molar-refractivity contribution in [2.24, 2.45) is 5.16 Å². The molecule has 0 atom stereocenters. The van der Waals surface area contributed by atoms with Crippen molar-refractivity contribution in [1.82, 2.24) is 0 Å². The fourth-order valence-corrected chi connectivity index (χ4v) is 3.93. The van der Waals surface area contributed by atoms with E-state index in [9.17, 15) is 9.59 Å². The van der Waals surface area contributed by atoms with Crippen LogP contribution in [-0.4, -0.2) is 17.5 Å². The molecule has 0 saturated heterocycles. The Labute approximate surface area is 193 Å². The Morgan fingerprint density at radius 3 is 2.09 bits per heavy atom. The smallest absolute Gasteiger partial charge is 0.318 e. The van der Waals surface area contributed by atoms with Crippen molar-refractivity contribution in [2.45, 2.75) is 36.5 Å². The van der Waals surface area contributed by atoms with E-state index in [1.807, 2.05) is 79.7 Å². The minimum atomic E-state index is -0.447. The Bertz CT molecular complexity index is 1130. The molecule has 3 rings (SSSR count). The number of nitrogens with zero attached hydrogens (tertiary/aromatic N) is 1. The molecule has 0 aliphatic heterocycles. The summed E-state index contributed by atoms with van der Waals surface area (Å²) in [7, 11) is 0. The van der Waals surface area contributed by atoms with E-state index in [-0.39, 0.29) is 5.78 Å². The van der Waals surface area contributed by atoms with E-state index in [1.54, 1.807) is 17.8 Å². The van der Waals surface area contributed by atoms with Gasteiger partial charge >= 0.3 is 5.97 Å². The van der Waals surface area contributed by atoms with E-state index in [2.05, 4.69) is 11.7 Å². The summed E-state index contributed by atoms with van der Waals surface area (Å²) in [5.41, 5.74) is 3.98. The van der Waals surface area contributed by atoms with Gasteiger partial charge in [0.25, 0.3) is 0 Å². The molecule has 162 valence electrons. The maximum atomic E-state index is 12.8. The standard InChI is InChI=1S/C27H25NO3S/c1-4-5-10-26(28-31-20(3)29)21-11-15-23(16-12-21)32-24-17-13-22(14-18-24)27(30)25-9-7-6-8-19(25)2/h4,6-9,11-18H,1,5,10H2,2-3H3/b28-26+. The zero-order valence-corrected chi connectivity index (χ0v) is 19.0. The lowest BCUT2D eigenvalue weighted by Gasteiger charge is -2.08. The van der Waals surface area contributed by atoms with E-state index in [4.69, 9.17) is 4.84 Å². The van der Waals surface area contributed by atoms with Crippen LogP contribution in [-0.2, 0) is 9.63 Å². The first-order valence-electron chi connectivity index (χ1n) is 10.3. The first-order chi connectivity index (χ1) is 15.5. The minimum absolute atomic E-state index is 0.0307. The summed E-state index contributed by atoms with van der Waals surface area (Å²) in [6.45, 7) is 7.01. The molecule has 0 aliphatic carbocycles. The van der Waals surface area contributed by atoms with E-state index < -0.39 is 5.97 Å². The normalized spacial score (nSPS) is 11.1. The van der Waals surface area contributed by atoms with Gasteiger partial charge in [-0.2, -0.15) is 0 Å². The monoisotopic (exact) mass is 443 g/mol. The van der Waals surface area contributed by atoms with Crippen molar-refractivity contribution in [3.63, 3.8) is 0 Å². The summed E-state index contributed by atoms with van der Waals surface area (Å²) < 4.78 is 0. The summed E-state index contributed by atoms with van der Waals surface area (Å²) in [6, 6.07) is 23.2. The van der Waals surface area contributed by atoms with Gasteiger partial charge in [-0.15, -0.1) is 6.58 Å². The van der Waals surface area contributed by atoms with Crippen LogP contribution in [0, 0.1) is 6.92 Å². The van der Waals surface area contributed by atoms with E-state index >= 15 is 0 Å². The average molecular weight is 444 g/mol. The maximum Gasteiger partial charge on any atom is 0.331 e. The van der Waals surface area contributed by atoms with Gasteiger partial charge in [0.1, 0.15) is 0 Å². The minimum Gasteiger partial charge on any atom is -0.318 e. The number of allylic oxidation sites excluding steroid dienone is 1. The maximum absolute atomic E-state index is 12.8. The fraction of sp³-hybridized carbons (Fsp3) is 0.148. The van der Waals surface area contributed by atoms with Crippen LogP contribution in [0.1, 0.15) is 46.8 Å². The average Bonchev–Trinajstić information content (AvgIpc) is 2.80. The van der Waals surface area contributed by atoms with Gasteiger partial charge < -0.3 is 4.84 Å². The van der Waals surface area contributed by atoms with Crippen molar-refractivity contribution in [2.75, 3.05) is 0 Å². The van der Waals surface area contributed by atoms with Crippen molar-refractivity contribution < 1.29 is 14.4 Å². The molecule has 0 radical (unpaired) electrons. The predicted octanol–water partition coefficient (Wildman–Crippen LogP) is 6.61. The molecule has 3 aromatic carbocycles. The number of benzene rings is 3. The lowest BCUT2D eigenvalue weighted by molar-refractivity contribution is -0.140. The summed E-state index contributed by atoms with van der Waals surface area (Å²) >= 11 is 1.61. The fourth-order valence-electron chi connectivity index (χ4n) is 3.11. The number of rotatable bonds is 9. The van der Waals surface area contributed by atoms with Crippen molar-refractivity contribution >= 4 is 29.2 Å². The number of carbonyl (C=O) groups is 2.